The maximum atomic E-state index is 10.4. The molecule has 4 aliphatic heterocycles. The number of rotatable bonds is 10. The zero-order valence-corrected chi connectivity index (χ0v) is 25.0. The normalized spacial score (nSPS) is 50.5. The van der Waals surface area contributed by atoms with Crippen molar-refractivity contribution in [1.29, 1.82) is 0 Å². The van der Waals surface area contributed by atoms with Gasteiger partial charge in [0.2, 0.25) is 0 Å². The summed E-state index contributed by atoms with van der Waals surface area (Å²) in [7, 11) is 4.66. The van der Waals surface area contributed by atoms with Crippen LogP contribution in [0, 0.1) is 0 Å². The zero-order chi connectivity index (χ0) is 30.7. The van der Waals surface area contributed by atoms with E-state index in [0.717, 1.165) is 0 Å². The van der Waals surface area contributed by atoms with Crippen LogP contribution in [-0.4, -0.2) is 158 Å². The molecule has 4 heterocycles. The molecule has 0 aromatic heterocycles. The predicted octanol–water partition coefficient (Wildman–Crippen LogP) is -1.62. The Morgan fingerprint density at radius 3 is 1.50 bits per heavy atom. The van der Waals surface area contributed by atoms with Crippen molar-refractivity contribution in [1.82, 2.24) is 0 Å². The van der Waals surface area contributed by atoms with E-state index in [4.69, 9.17) is 47.4 Å². The Bertz CT molecular complexity index is 820. The lowest BCUT2D eigenvalue weighted by Crippen LogP contribution is -2.62. The van der Waals surface area contributed by atoms with Crippen molar-refractivity contribution in [2.24, 2.45) is 0 Å². The first-order valence-electron chi connectivity index (χ1n) is 14.5. The lowest BCUT2D eigenvalue weighted by Gasteiger charge is -2.47. The van der Waals surface area contributed by atoms with Crippen LogP contribution in [0.4, 0.5) is 0 Å². The minimum absolute atomic E-state index is 0.261. The van der Waals surface area contributed by atoms with Gasteiger partial charge in [0.1, 0.15) is 42.7 Å². The van der Waals surface area contributed by atoms with Gasteiger partial charge in [-0.2, -0.15) is 0 Å². The fourth-order valence-corrected chi connectivity index (χ4v) is 6.16. The molecule has 0 bridgehead atoms. The number of aliphatic hydroxyl groups excluding tert-OH is 5. The van der Waals surface area contributed by atoms with Gasteiger partial charge in [0.25, 0.3) is 0 Å². The average molecular weight is 613 g/mol. The predicted molar refractivity (Wildman–Crippen MR) is 140 cm³/mol. The van der Waals surface area contributed by atoms with E-state index in [-0.39, 0.29) is 18.9 Å². The molecule has 42 heavy (non-hydrogen) atoms. The highest BCUT2D eigenvalue weighted by atomic mass is 16.8. The van der Waals surface area contributed by atoms with E-state index < -0.39 is 105 Å². The van der Waals surface area contributed by atoms with Gasteiger partial charge in [-0.15, -0.1) is 0 Å². The van der Waals surface area contributed by atoms with Crippen LogP contribution in [0.2, 0.25) is 0 Å². The van der Waals surface area contributed by atoms with E-state index in [1.54, 1.807) is 21.1 Å². The van der Waals surface area contributed by atoms with Crippen molar-refractivity contribution < 1.29 is 72.9 Å². The third-order valence-electron chi connectivity index (χ3n) is 8.54. The maximum Gasteiger partial charge on any atom is 0.187 e. The SMILES string of the molecule is CO[C@H]1C[C@H](O[C@H]2[C@@H](OC)C[C@@H](O)O[C@@H]2C)O[C@H](C)[C@H]1O[C@H]1C[C@@H](OC)[C@@H](O[C@@H]2O[C@H](CO)[C@@H](O)[C@H](O)[C@H]2O)[C@@H](C)O1. The summed E-state index contributed by atoms with van der Waals surface area (Å²) >= 11 is 0. The lowest BCUT2D eigenvalue weighted by atomic mass is 9.98. The Morgan fingerprint density at radius 1 is 0.571 bits per heavy atom. The van der Waals surface area contributed by atoms with Crippen LogP contribution in [0.3, 0.4) is 0 Å². The molecule has 4 fully saturated rings. The molecule has 5 N–H and O–H groups in total. The van der Waals surface area contributed by atoms with Gasteiger partial charge < -0.3 is 72.9 Å². The summed E-state index contributed by atoms with van der Waals surface area (Å²) in [5.41, 5.74) is 0. The van der Waals surface area contributed by atoms with E-state index in [0.29, 0.717) is 6.42 Å². The fraction of sp³-hybridized carbons (Fsp3) is 1.00. The molecule has 0 aromatic rings. The van der Waals surface area contributed by atoms with Gasteiger partial charge in [-0.3, -0.25) is 0 Å². The fourth-order valence-electron chi connectivity index (χ4n) is 6.16. The summed E-state index contributed by atoms with van der Waals surface area (Å²) in [6.07, 6.45) is -12.8. The molecule has 0 spiro atoms. The third kappa shape index (κ3) is 7.61. The molecular formula is C27H48O15. The summed E-state index contributed by atoms with van der Waals surface area (Å²) in [6.45, 7) is 4.86. The first-order valence-corrected chi connectivity index (χ1v) is 14.5. The van der Waals surface area contributed by atoms with Gasteiger partial charge in [-0.1, -0.05) is 0 Å². The molecule has 15 heteroatoms. The number of methoxy groups -OCH3 is 3. The van der Waals surface area contributed by atoms with Gasteiger partial charge in [0.05, 0.1) is 43.2 Å². The Balaban J connectivity index is 1.35. The van der Waals surface area contributed by atoms with E-state index in [1.165, 1.54) is 7.11 Å². The van der Waals surface area contributed by atoms with Crippen LogP contribution in [0.15, 0.2) is 0 Å². The molecule has 0 radical (unpaired) electrons. The van der Waals surface area contributed by atoms with Gasteiger partial charge in [0.15, 0.2) is 25.2 Å². The van der Waals surface area contributed by atoms with Gasteiger partial charge >= 0.3 is 0 Å². The molecule has 246 valence electrons. The second-order valence-corrected chi connectivity index (χ2v) is 11.4. The molecule has 0 amide bonds. The largest absolute Gasteiger partial charge is 0.394 e. The topological polar surface area (TPSA) is 193 Å². The summed E-state index contributed by atoms with van der Waals surface area (Å²) in [4.78, 5) is 0. The van der Waals surface area contributed by atoms with Crippen LogP contribution in [0.1, 0.15) is 40.0 Å². The molecule has 0 unspecified atom stereocenters. The van der Waals surface area contributed by atoms with E-state index in [2.05, 4.69) is 0 Å². The van der Waals surface area contributed by atoms with E-state index >= 15 is 0 Å². The Kier molecular flexibility index (Phi) is 12.3. The molecule has 17 atom stereocenters. The monoisotopic (exact) mass is 612 g/mol. The van der Waals surface area contributed by atoms with Crippen LogP contribution in [0.5, 0.6) is 0 Å². The molecule has 0 aliphatic carbocycles. The van der Waals surface area contributed by atoms with E-state index in [9.17, 15) is 25.5 Å². The lowest BCUT2D eigenvalue weighted by molar-refractivity contribution is -0.356. The third-order valence-corrected chi connectivity index (χ3v) is 8.54. The summed E-state index contributed by atoms with van der Waals surface area (Å²) in [5.74, 6) is 0. The Morgan fingerprint density at radius 2 is 1.02 bits per heavy atom. The summed E-state index contributed by atoms with van der Waals surface area (Å²) < 4.78 is 58.9. The number of aliphatic hydroxyl groups is 5. The second kappa shape index (κ2) is 15.1. The van der Waals surface area contributed by atoms with Crippen molar-refractivity contribution in [3.05, 3.63) is 0 Å². The Hall–Kier alpha value is -0.600. The molecular weight excluding hydrogens is 564 g/mol. The highest BCUT2D eigenvalue weighted by molar-refractivity contribution is 4.92. The van der Waals surface area contributed by atoms with Crippen molar-refractivity contribution in [3.63, 3.8) is 0 Å². The van der Waals surface area contributed by atoms with Crippen LogP contribution in [0.25, 0.3) is 0 Å². The molecule has 4 rings (SSSR count). The first-order chi connectivity index (χ1) is 20.0. The minimum atomic E-state index is -1.56. The highest BCUT2D eigenvalue weighted by Crippen LogP contribution is 2.34. The van der Waals surface area contributed by atoms with Gasteiger partial charge in [-0.25, -0.2) is 0 Å². The number of ether oxygens (including phenoxy) is 10. The summed E-state index contributed by atoms with van der Waals surface area (Å²) in [5, 5.41) is 50.0. The maximum absolute atomic E-state index is 10.4. The molecule has 15 nitrogen and oxygen atoms in total. The van der Waals surface area contributed by atoms with Crippen molar-refractivity contribution in [2.45, 2.75) is 145 Å². The molecule has 0 saturated carbocycles. The second-order valence-electron chi connectivity index (χ2n) is 11.4. The molecule has 4 aliphatic rings. The standard InChI is InChI=1S/C27H48O15/c1-11-24(14(33-4)7-18(29)36-11)40-19-8-15(34-5)25(12(2)37-19)41-20-9-16(35-6)26(13(3)38-20)42-27-23(32)22(31)21(30)17(10-28)39-27/h11-32H,7-10H2,1-6H3/t11-,12-,13-,14+,15+,16-,17-,18+,19+,20+,21-,22+,23-,24-,25-,26+,27+/m1/s1. The van der Waals surface area contributed by atoms with Crippen molar-refractivity contribution in [2.75, 3.05) is 27.9 Å². The molecule has 4 saturated heterocycles. The number of hydrogen-bond donors (Lipinski definition) is 5. The number of hydrogen-bond acceptors (Lipinski definition) is 15. The minimum Gasteiger partial charge on any atom is -0.394 e. The quantitative estimate of drug-likeness (QED) is 0.189. The van der Waals surface area contributed by atoms with Crippen molar-refractivity contribution >= 4 is 0 Å². The summed E-state index contributed by atoms with van der Waals surface area (Å²) in [6, 6.07) is 0. The smallest absolute Gasteiger partial charge is 0.187 e. The van der Waals surface area contributed by atoms with Gasteiger partial charge in [-0.05, 0) is 20.8 Å². The van der Waals surface area contributed by atoms with Crippen LogP contribution >= 0.6 is 0 Å². The first kappa shape index (κ1) is 34.3. The Labute approximate surface area is 245 Å². The van der Waals surface area contributed by atoms with Crippen molar-refractivity contribution in [3.8, 4) is 0 Å². The van der Waals surface area contributed by atoms with E-state index in [1.807, 2.05) is 13.8 Å². The average Bonchev–Trinajstić information content (AvgIpc) is 2.96. The van der Waals surface area contributed by atoms with Gasteiger partial charge in [0, 0.05) is 40.6 Å². The van der Waals surface area contributed by atoms with Crippen LogP contribution < -0.4 is 0 Å². The highest BCUT2D eigenvalue weighted by Gasteiger charge is 2.49. The zero-order valence-electron chi connectivity index (χ0n) is 25.0. The van der Waals surface area contributed by atoms with Crippen LogP contribution in [-0.2, 0) is 47.4 Å². The molecule has 0 aromatic carbocycles.